The third-order valence-electron chi connectivity index (χ3n) is 3.14. The first-order valence-corrected chi connectivity index (χ1v) is 6.51. The maximum absolute atomic E-state index is 11.8. The average Bonchev–Trinajstić information content (AvgIpc) is 2.35. The van der Waals surface area contributed by atoms with Crippen molar-refractivity contribution in [3.63, 3.8) is 0 Å². The van der Waals surface area contributed by atoms with Crippen LogP contribution >= 0.6 is 0 Å². The van der Waals surface area contributed by atoms with E-state index in [1.807, 2.05) is 45.9 Å². The van der Waals surface area contributed by atoms with E-state index in [9.17, 15) is 9.90 Å². The van der Waals surface area contributed by atoms with Crippen molar-refractivity contribution >= 4 is 5.91 Å². The van der Waals surface area contributed by atoms with Gasteiger partial charge in [0.2, 0.25) is 0 Å². The molecule has 106 valence electrons. The zero-order valence-electron chi connectivity index (χ0n) is 12.1. The van der Waals surface area contributed by atoms with Gasteiger partial charge in [0, 0.05) is 0 Å². The van der Waals surface area contributed by atoms with Gasteiger partial charge in [-0.25, -0.2) is 0 Å². The highest BCUT2D eigenvalue weighted by molar-refractivity contribution is 5.78. The van der Waals surface area contributed by atoms with E-state index in [-0.39, 0.29) is 19.1 Å². The molecule has 1 unspecified atom stereocenters. The van der Waals surface area contributed by atoms with E-state index < -0.39 is 5.54 Å². The number of nitrogens with one attached hydrogen (secondary N) is 1. The van der Waals surface area contributed by atoms with Crippen LogP contribution in [0.2, 0.25) is 0 Å². The molecule has 1 aromatic carbocycles. The third-order valence-corrected chi connectivity index (χ3v) is 3.14. The molecule has 1 atom stereocenters. The zero-order chi connectivity index (χ0) is 14.5. The number of aliphatic hydroxyl groups excluding tert-OH is 1. The van der Waals surface area contributed by atoms with Gasteiger partial charge >= 0.3 is 0 Å². The van der Waals surface area contributed by atoms with Gasteiger partial charge in [-0.05, 0) is 50.5 Å². The summed E-state index contributed by atoms with van der Waals surface area (Å²) in [5.74, 6) is 0.465. The highest BCUT2D eigenvalue weighted by Crippen LogP contribution is 2.16. The number of hydrogen-bond acceptors (Lipinski definition) is 3. The van der Waals surface area contributed by atoms with Crippen molar-refractivity contribution in [2.75, 3.05) is 13.2 Å². The molecule has 0 bridgehead atoms. The minimum atomic E-state index is -0.580. The van der Waals surface area contributed by atoms with Crippen LogP contribution < -0.4 is 10.1 Å². The van der Waals surface area contributed by atoms with Crippen molar-refractivity contribution < 1.29 is 14.6 Å². The van der Waals surface area contributed by atoms with E-state index in [0.717, 1.165) is 11.1 Å². The van der Waals surface area contributed by atoms with E-state index in [1.165, 1.54) is 0 Å². The summed E-state index contributed by atoms with van der Waals surface area (Å²) >= 11 is 0. The number of benzene rings is 1. The molecule has 4 heteroatoms. The summed E-state index contributed by atoms with van der Waals surface area (Å²) in [6, 6.07) is 5.84. The molecule has 0 spiro atoms. The Morgan fingerprint density at radius 2 is 1.89 bits per heavy atom. The molecule has 1 rings (SSSR count). The van der Waals surface area contributed by atoms with E-state index in [1.54, 1.807) is 0 Å². The van der Waals surface area contributed by atoms with Gasteiger partial charge in [-0.3, -0.25) is 4.79 Å². The number of ether oxygens (including phenoxy) is 1. The lowest BCUT2D eigenvalue weighted by Crippen LogP contribution is -2.49. The second-order valence-electron chi connectivity index (χ2n) is 5.23. The smallest absolute Gasteiger partial charge is 0.258 e. The van der Waals surface area contributed by atoms with Crippen LogP contribution in [0.4, 0.5) is 0 Å². The Balaban J connectivity index is 2.54. The van der Waals surface area contributed by atoms with Crippen molar-refractivity contribution in [1.29, 1.82) is 0 Å². The minimum Gasteiger partial charge on any atom is -0.484 e. The Morgan fingerprint density at radius 3 is 2.37 bits per heavy atom. The highest BCUT2D eigenvalue weighted by atomic mass is 16.5. The number of rotatable bonds is 6. The van der Waals surface area contributed by atoms with E-state index in [2.05, 4.69) is 5.32 Å². The standard InChI is InChI=1S/C15H23NO3/c1-5-15(4,10-17)16-14(18)9-19-13-7-11(2)6-12(3)8-13/h6-8,17H,5,9-10H2,1-4H3,(H,16,18). The summed E-state index contributed by atoms with van der Waals surface area (Å²) in [5, 5.41) is 12.0. The highest BCUT2D eigenvalue weighted by Gasteiger charge is 2.23. The molecular weight excluding hydrogens is 242 g/mol. The quantitative estimate of drug-likeness (QED) is 0.826. The van der Waals surface area contributed by atoms with Crippen molar-refractivity contribution in [1.82, 2.24) is 5.32 Å². The molecule has 0 aliphatic heterocycles. The van der Waals surface area contributed by atoms with E-state index in [4.69, 9.17) is 4.74 Å². The minimum absolute atomic E-state index is 0.0432. The Morgan fingerprint density at radius 1 is 1.32 bits per heavy atom. The average molecular weight is 265 g/mol. The molecule has 0 saturated heterocycles. The first kappa shape index (κ1) is 15.5. The fraction of sp³-hybridized carbons (Fsp3) is 0.533. The number of carbonyl (C=O) groups excluding carboxylic acids is 1. The SMILES string of the molecule is CCC(C)(CO)NC(=O)COc1cc(C)cc(C)c1. The van der Waals surface area contributed by atoms with Crippen LogP contribution in [0.15, 0.2) is 18.2 Å². The summed E-state index contributed by atoms with van der Waals surface area (Å²) in [6.07, 6.45) is 0.665. The zero-order valence-corrected chi connectivity index (χ0v) is 12.1. The topological polar surface area (TPSA) is 58.6 Å². The predicted molar refractivity (Wildman–Crippen MR) is 75.3 cm³/mol. The van der Waals surface area contributed by atoms with Crippen LogP contribution in [0.5, 0.6) is 5.75 Å². The van der Waals surface area contributed by atoms with Gasteiger partial charge in [0.05, 0.1) is 12.1 Å². The largest absolute Gasteiger partial charge is 0.484 e. The van der Waals surface area contributed by atoms with Gasteiger partial charge < -0.3 is 15.2 Å². The second kappa shape index (κ2) is 6.57. The third kappa shape index (κ3) is 4.91. The Hall–Kier alpha value is -1.55. The molecule has 0 heterocycles. The molecule has 19 heavy (non-hydrogen) atoms. The molecule has 0 radical (unpaired) electrons. The molecule has 4 nitrogen and oxygen atoms in total. The van der Waals surface area contributed by atoms with Crippen molar-refractivity contribution in [2.45, 2.75) is 39.7 Å². The monoisotopic (exact) mass is 265 g/mol. The molecular formula is C15H23NO3. The van der Waals surface area contributed by atoms with Crippen molar-refractivity contribution in [3.8, 4) is 5.75 Å². The van der Waals surface area contributed by atoms with Crippen LogP contribution in [0.25, 0.3) is 0 Å². The second-order valence-corrected chi connectivity index (χ2v) is 5.23. The molecule has 0 aliphatic carbocycles. The number of aryl methyl sites for hydroxylation is 2. The van der Waals surface area contributed by atoms with Crippen LogP contribution in [-0.2, 0) is 4.79 Å². The molecule has 0 fully saturated rings. The molecule has 1 amide bonds. The van der Waals surface area contributed by atoms with E-state index >= 15 is 0 Å². The van der Waals surface area contributed by atoms with Gasteiger partial charge in [0.25, 0.3) is 5.91 Å². The van der Waals surface area contributed by atoms with Gasteiger partial charge in [-0.15, -0.1) is 0 Å². The summed E-state index contributed by atoms with van der Waals surface area (Å²) in [7, 11) is 0. The fourth-order valence-electron chi connectivity index (χ4n) is 1.78. The van der Waals surface area contributed by atoms with Crippen LogP contribution in [0, 0.1) is 13.8 Å². The first-order chi connectivity index (χ1) is 8.88. The summed E-state index contributed by atoms with van der Waals surface area (Å²) in [6.45, 7) is 7.57. The molecule has 0 aliphatic rings. The Bertz CT molecular complexity index is 419. The predicted octanol–water partition coefficient (Wildman–Crippen LogP) is 1.96. The van der Waals surface area contributed by atoms with Crippen LogP contribution in [0.1, 0.15) is 31.4 Å². The Labute approximate surface area is 114 Å². The van der Waals surface area contributed by atoms with Gasteiger partial charge in [-0.1, -0.05) is 13.0 Å². The van der Waals surface area contributed by atoms with Gasteiger partial charge in [0.15, 0.2) is 6.61 Å². The first-order valence-electron chi connectivity index (χ1n) is 6.51. The maximum atomic E-state index is 11.8. The number of aliphatic hydroxyl groups is 1. The molecule has 0 saturated carbocycles. The number of carbonyl (C=O) groups is 1. The summed E-state index contributed by atoms with van der Waals surface area (Å²) in [5.41, 5.74) is 1.62. The lowest BCUT2D eigenvalue weighted by molar-refractivity contribution is -0.125. The maximum Gasteiger partial charge on any atom is 0.258 e. The van der Waals surface area contributed by atoms with Gasteiger partial charge in [0.1, 0.15) is 5.75 Å². The summed E-state index contributed by atoms with van der Waals surface area (Å²) < 4.78 is 5.47. The molecule has 1 aromatic rings. The van der Waals surface area contributed by atoms with Gasteiger partial charge in [-0.2, -0.15) is 0 Å². The van der Waals surface area contributed by atoms with Crippen molar-refractivity contribution in [3.05, 3.63) is 29.3 Å². The number of hydrogen-bond donors (Lipinski definition) is 2. The normalized spacial score (nSPS) is 13.7. The number of amides is 1. The Kier molecular flexibility index (Phi) is 5.36. The fourth-order valence-corrected chi connectivity index (χ4v) is 1.78. The van der Waals surface area contributed by atoms with Crippen LogP contribution in [0.3, 0.4) is 0 Å². The molecule has 0 aromatic heterocycles. The lowest BCUT2D eigenvalue weighted by Gasteiger charge is -2.27. The van der Waals surface area contributed by atoms with Crippen molar-refractivity contribution in [2.24, 2.45) is 0 Å². The molecule has 2 N–H and O–H groups in total. The van der Waals surface area contributed by atoms with Crippen LogP contribution in [-0.4, -0.2) is 29.8 Å². The summed E-state index contributed by atoms with van der Waals surface area (Å²) in [4.78, 5) is 11.8. The lowest BCUT2D eigenvalue weighted by atomic mass is 10.0. The van der Waals surface area contributed by atoms with E-state index in [0.29, 0.717) is 12.2 Å².